The van der Waals surface area contributed by atoms with Gasteiger partial charge in [0.05, 0.1) is 19.8 Å². The van der Waals surface area contributed by atoms with Gasteiger partial charge in [-0.3, -0.25) is 4.90 Å². The number of hydrogen-bond donors (Lipinski definition) is 1. The number of nitrogens with one attached hydrogen (secondary N) is 1. The number of carbonyl (C=O) groups is 1. The Kier molecular flexibility index (Phi) is 7.12. The molecule has 0 unspecified atom stereocenters. The van der Waals surface area contributed by atoms with Gasteiger partial charge in [-0.05, 0) is 37.5 Å². The number of nitrogens with zero attached hydrogens (tertiary/aromatic N) is 3. The van der Waals surface area contributed by atoms with Gasteiger partial charge >= 0.3 is 6.03 Å². The minimum Gasteiger partial charge on any atom is -0.381 e. The van der Waals surface area contributed by atoms with Gasteiger partial charge in [-0.25, -0.2) is 4.79 Å². The topological polar surface area (TPSA) is 57.3 Å². The Balaban J connectivity index is 1.29. The third-order valence-corrected chi connectivity index (χ3v) is 6.97. The van der Waals surface area contributed by atoms with Gasteiger partial charge in [0.25, 0.3) is 0 Å². The zero-order chi connectivity index (χ0) is 20.9. The number of hydrogen-bond acceptors (Lipinski definition) is 5. The van der Waals surface area contributed by atoms with E-state index >= 15 is 0 Å². The average Bonchev–Trinajstić information content (AvgIpc) is 3.31. The Labute approximate surface area is 180 Å². The molecule has 2 atom stereocenters. The second kappa shape index (κ2) is 9.98. The molecule has 0 spiro atoms. The van der Waals surface area contributed by atoms with Crippen molar-refractivity contribution >= 4 is 11.7 Å². The summed E-state index contributed by atoms with van der Waals surface area (Å²) >= 11 is 0. The van der Waals surface area contributed by atoms with E-state index in [1.165, 1.54) is 16.8 Å². The minimum absolute atomic E-state index is 0.0628. The van der Waals surface area contributed by atoms with E-state index in [2.05, 4.69) is 47.2 Å². The molecule has 30 heavy (non-hydrogen) atoms. The van der Waals surface area contributed by atoms with E-state index in [-0.39, 0.29) is 6.03 Å². The highest BCUT2D eigenvalue weighted by molar-refractivity contribution is 5.74. The molecule has 4 rings (SSSR count). The maximum Gasteiger partial charge on any atom is 0.317 e. The van der Waals surface area contributed by atoms with Gasteiger partial charge < -0.3 is 24.6 Å². The number of benzene rings is 1. The van der Waals surface area contributed by atoms with Crippen LogP contribution in [0.25, 0.3) is 0 Å². The molecule has 3 heterocycles. The van der Waals surface area contributed by atoms with Crippen molar-refractivity contribution in [3.8, 4) is 0 Å². The van der Waals surface area contributed by atoms with Crippen molar-refractivity contribution < 1.29 is 14.3 Å². The zero-order valence-corrected chi connectivity index (χ0v) is 18.4. The summed E-state index contributed by atoms with van der Waals surface area (Å²) in [6, 6.07) is 6.86. The summed E-state index contributed by atoms with van der Waals surface area (Å²) in [6.07, 6.45) is 1.08. The fourth-order valence-electron chi connectivity index (χ4n) is 4.89. The molecule has 7 nitrogen and oxygen atoms in total. The largest absolute Gasteiger partial charge is 0.381 e. The lowest BCUT2D eigenvalue weighted by atomic mass is 9.97. The van der Waals surface area contributed by atoms with E-state index in [0.29, 0.717) is 18.5 Å². The maximum absolute atomic E-state index is 12.9. The Morgan fingerprint density at radius 2 is 1.83 bits per heavy atom. The van der Waals surface area contributed by atoms with Crippen LogP contribution in [-0.2, 0) is 9.47 Å². The van der Waals surface area contributed by atoms with E-state index < -0.39 is 0 Å². The van der Waals surface area contributed by atoms with Crippen LogP contribution in [0.1, 0.15) is 17.5 Å². The van der Waals surface area contributed by atoms with Crippen molar-refractivity contribution in [1.82, 2.24) is 15.1 Å². The predicted molar refractivity (Wildman–Crippen MR) is 118 cm³/mol. The first-order valence-electron chi connectivity index (χ1n) is 11.4. The standard InChI is InChI=1S/C23H36N4O3/c1-18-4-3-5-21(19(18)2)25-7-9-27(10-8-25)23(28)24-16-22(20-6-13-30-17-20)26-11-14-29-15-12-26/h3-5,20,22H,6-17H2,1-2H3,(H,24,28)/t20-,22+/m0/s1. The molecule has 0 saturated carbocycles. The maximum atomic E-state index is 12.9. The smallest absolute Gasteiger partial charge is 0.317 e. The van der Waals surface area contributed by atoms with Crippen LogP contribution in [0, 0.1) is 19.8 Å². The minimum atomic E-state index is 0.0628. The van der Waals surface area contributed by atoms with E-state index in [1.807, 2.05) is 4.90 Å². The number of aryl methyl sites for hydroxylation is 1. The SMILES string of the molecule is Cc1cccc(N2CCN(C(=O)NC[C@H]([C@H]3CCOC3)N3CCOCC3)CC2)c1C. The zero-order valence-electron chi connectivity index (χ0n) is 18.4. The summed E-state index contributed by atoms with van der Waals surface area (Å²) in [5, 5.41) is 3.23. The van der Waals surface area contributed by atoms with Crippen LogP contribution in [0.15, 0.2) is 18.2 Å². The summed E-state index contributed by atoms with van der Waals surface area (Å²) in [6.45, 7) is 13.3. The van der Waals surface area contributed by atoms with Crippen LogP contribution in [0.3, 0.4) is 0 Å². The van der Waals surface area contributed by atoms with Crippen molar-refractivity contribution in [3.05, 3.63) is 29.3 Å². The van der Waals surface area contributed by atoms with Crippen molar-refractivity contribution in [1.29, 1.82) is 0 Å². The molecule has 3 fully saturated rings. The van der Waals surface area contributed by atoms with Gasteiger partial charge in [0.15, 0.2) is 0 Å². The number of amides is 2. The molecule has 3 saturated heterocycles. The van der Waals surface area contributed by atoms with Crippen molar-refractivity contribution in [3.63, 3.8) is 0 Å². The van der Waals surface area contributed by atoms with Crippen molar-refractivity contribution in [2.24, 2.45) is 5.92 Å². The van der Waals surface area contributed by atoms with E-state index in [1.54, 1.807) is 0 Å². The molecule has 1 aromatic rings. The lowest BCUT2D eigenvalue weighted by molar-refractivity contribution is 0.00185. The van der Waals surface area contributed by atoms with Crippen molar-refractivity contribution in [2.75, 3.05) is 77.1 Å². The van der Waals surface area contributed by atoms with E-state index in [0.717, 1.165) is 72.1 Å². The highest BCUT2D eigenvalue weighted by Gasteiger charge is 2.32. The Hall–Kier alpha value is -1.83. The number of anilines is 1. The van der Waals surface area contributed by atoms with Crippen LogP contribution in [0.4, 0.5) is 10.5 Å². The van der Waals surface area contributed by atoms with Gasteiger partial charge in [0.2, 0.25) is 0 Å². The Bertz CT molecular complexity index is 708. The van der Waals surface area contributed by atoms with Crippen LogP contribution in [0.2, 0.25) is 0 Å². The lowest BCUT2D eigenvalue weighted by Crippen LogP contribution is -2.56. The molecular weight excluding hydrogens is 380 g/mol. The second-order valence-electron chi connectivity index (χ2n) is 8.72. The monoisotopic (exact) mass is 416 g/mol. The Morgan fingerprint density at radius 1 is 1.07 bits per heavy atom. The quantitative estimate of drug-likeness (QED) is 0.794. The summed E-state index contributed by atoms with van der Waals surface area (Å²) in [7, 11) is 0. The first-order valence-corrected chi connectivity index (χ1v) is 11.4. The molecule has 0 radical (unpaired) electrons. The van der Waals surface area contributed by atoms with Crippen molar-refractivity contribution in [2.45, 2.75) is 26.3 Å². The summed E-state index contributed by atoms with van der Waals surface area (Å²) in [4.78, 5) is 19.7. The number of rotatable bonds is 5. The number of urea groups is 1. The molecule has 0 aromatic heterocycles. The first-order chi connectivity index (χ1) is 14.6. The van der Waals surface area contributed by atoms with Gasteiger partial charge in [0.1, 0.15) is 0 Å². The van der Waals surface area contributed by atoms with Crippen LogP contribution in [-0.4, -0.2) is 94.1 Å². The van der Waals surface area contributed by atoms with Gasteiger partial charge in [-0.2, -0.15) is 0 Å². The fourth-order valence-corrected chi connectivity index (χ4v) is 4.89. The summed E-state index contributed by atoms with van der Waals surface area (Å²) in [5.74, 6) is 0.490. The number of morpholine rings is 1. The third kappa shape index (κ3) is 4.90. The number of carbonyl (C=O) groups excluding carboxylic acids is 1. The molecule has 166 valence electrons. The molecule has 2 amide bonds. The Morgan fingerprint density at radius 3 is 2.53 bits per heavy atom. The third-order valence-electron chi connectivity index (χ3n) is 6.97. The molecule has 7 heteroatoms. The molecule has 3 aliphatic rings. The molecule has 1 aromatic carbocycles. The summed E-state index contributed by atoms with van der Waals surface area (Å²) in [5.41, 5.74) is 3.95. The number of ether oxygens (including phenoxy) is 2. The van der Waals surface area contributed by atoms with Crippen LogP contribution >= 0.6 is 0 Å². The highest BCUT2D eigenvalue weighted by atomic mass is 16.5. The van der Waals surface area contributed by atoms with Gasteiger partial charge in [-0.1, -0.05) is 12.1 Å². The molecule has 1 N–H and O–H groups in total. The molecule has 0 bridgehead atoms. The summed E-state index contributed by atoms with van der Waals surface area (Å²) < 4.78 is 11.2. The van der Waals surface area contributed by atoms with E-state index in [4.69, 9.17) is 9.47 Å². The van der Waals surface area contributed by atoms with Crippen LogP contribution < -0.4 is 10.2 Å². The van der Waals surface area contributed by atoms with Gasteiger partial charge in [0, 0.05) is 70.1 Å². The molecule has 3 aliphatic heterocycles. The lowest BCUT2D eigenvalue weighted by Gasteiger charge is -2.39. The first kappa shape index (κ1) is 21.4. The van der Waals surface area contributed by atoms with Gasteiger partial charge in [-0.15, -0.1) is 0 Å². The highest BCUT2D eigenvalue weighted by Crippen LogP contribution is 2.24. The second-order valence-corrected chi connectivity index (χ2v) is 8.72. The van der Waals surface area contributed by atoms with Crippen LogP contribution in [0.5, 0.6) is 0 Å². The normalized spacial score (nSPS) is 24.1. The number of piperazine rings is 1. The molecule has 0 aliphatic carbocycles. The molecular formula is C23H36N4O3. The predicted octanol–water partition coefficient (Wildman–Crippen LogP) is 1.87. The fraction of sp³-hybridized carbons (Fsp3) is 0.696. The average molecular weight is 417 g/mol. The van der Waals surface area contributed by atoms with E-state index in [9.17, 15) is 4.79 Å².